The smallest absolute Gasteiger partial charge is 0.0947 e. The van der Waals surface area contributed by atoms with E-state index in [0.29, 0.717) is 12.7 Å². The number of aryl methyl sites for hydroxylation is 1. The Balaban J connectivity index is 1.40. The average Bonchev–Trinajstić information content (AvgIpc) is 3.14. The van der Waals surface area contributed by atoms with Gasteiger partial charge in [0, 0.05) is 42.9 Å². The Bertz CT molecular complexity index is 703. The largest absolute Gasteiger partial charge is 0.472 e. The summed E-state index contributed by atoms with van der Waals surface area (Å²) in [7, 11) is 0. The highest BCUT2D eigenvalue weighted by molar-refractivity contribution is 5.09. The molecule has 0 bridgehead atoms. The molecule has 2 aromatic heterocycles. The Labute approximate surface area is 155 Å². The van der Waals surface area contributed by atoms with Gasteiger partial charge in [0.2, 0.25) is 0 Å². The van der Waals surface area contributed by atoms with Gasteiger partial charge < -0.3 is 13.9 Å². The van der Waals surface area contributed by atoms with Gasteiger partial charge in [0.25, 0.3) is 0 Å². The van der Waals surface area contributed by atoms with Gasteiger partial charge in [-0.15, -0.1) is 0 Å². The van der Waals surface area contributed by atoms with Crippen LogP contribution in [0.1, 0.15) is 36.2 Å². The van der Waals surface area contributed by atoms with E-state index in [0.717, 1.165) is 57.1 Å². The molecule has 2 fully saturated rings. The molecule has 4 rings (SSSR count). The number of hydrogen-bond donors (Lipinski definition) is 0. The van der Waals surface area contributed by atoms with Crippen LogP contribution in [-0.4, -0.2) is 42.3 Å². The zero-order chi connectivity index (χ0) is 17.8. The molecule has 0 N–H and O–H groups in total. The Hall–Kier alpha value is -1.69. The van der Waals surface area contributed by atoms with E-state index < -0.39 is 0 Å². The normalized spacial score (nSPS) is 26.6. The van der Waals surface area contributed by atoms with E-state index in [9.17, 15) is 0 Å². The highest BCUT2D eigenvalue weighted by Crippen LogP contribution is 2.41. The highest BCUT2D eigenvalue weighted by atomic mass is 16.5. The Kier molecular flexibility index (Phi) is 5.38. The summed E-state index contributed by atoms with van der Waals surface area (Å²) in [5.41, 5.74) is 3.36. The molecular weight excluding hydrogens is 328 g/mol. The molecule has 0 radical (unpaired) electrons. The summed E-state index contributed by atoms with van der Waals surface area (Å²) in [5, 5.41) is 0. The molecule has 5 heteroatoms. The third-order valence-corrected chi connectivity index (χ3v) is 5.64. The minimum absolute atomic E-state index is 0.0874. The summed E-state index contributed by atoms with van der Waals surface area (Å²) in [5.74, 6) is 0. The minimum Gasteiger partial charge on any atom is -0.472 e. The van der Waals surface area contributed by atoms with Crippen molar-refractivity contribution < 1.29 is 13.9 Å². The predicted octanol–water partition coefficient (Wildman–Crippen LogP) is 3.57. The van der Waals surface area contributed by atoms with E-state index in [1.165, 1.54) is 12.0 Å². The number of likely N-dealkylation sites (tertiary alicyclic amines) is 1. The van der Waals surface area contributed by atoms with Crippen LogP contribution in [-0.2, 0) is 22.6 Å². The molecule has 0 aliphatic carbocycles. The highest BCUT2D eigenvalue weighted by Gasteiger charge is 2.46. The summed E-state index contributed by atoms with van der Waals surface area (Å²) < 4.78 is 17.5. The standard InChI is InChI=1S/C21H28N2O3/c1-17-4-2-5-19(22-17)14-25-16-21-8-3-10-26-20(21)6-9-23(15-21)12-18-7-11-24-13-18/h2,4-5,7,11,13,20H,3,6,8-10,12,14-16H2,1H3/t20-,21+/m1/s1. The van der Waals surface area contributed by atoms with Crippen molar-refractivity contribution in [3.8, 4) is 0 Å². The van der Waals surface area contributed by atoms with Gasteiger partial charge in [-0.25, -0.2) is 0 Å². The number of hydrogen-bond acceptors (Lipinski definition) is 5. The monoisotopic (exact) mass is 356 g/mol. The van der Waals surface area contributed by atoms with Crippen molar-refractivity contribution in [1.29, 1.82) is 0 Å². The maximum atomic E-state index is 6.17. The van der Waals surface area contributed by atoms with Crippen molar-refractivity contribution in [3.63, 3.8) is 0 Å². The van der Waals surface area contributed by atoms with Crippen LogP contribution in [0.5, 0.6) is 0 Å². The molecule has 140 valence electrons. The quantitative estimate of drug-likeness (QED) is 0.792. The first-order chi connectivity index (χ1) is 12.7. The molecular formula is C21H28N2O3. The molecule has 4 heterocycles. The lowest BCUT2D eigenvalue weighted by atomic mass is 9.73. The fraction of sp³-hybridized carbons (Fsp3) is 0.571. The lowest BCUT2D eigenvalue weighted by molar-refractivity contribution is -0.156. The van der Waals surface area contributed by atoms with Crippen LogP contribution >= 0.6 is 0 Å². The van der Waals surface area contributed by atoms with E-state index >= 15 is 0 Å². The number of aromatic nitrogens is 1. The Morgan fingerprint density at radius 1 is 1.35 bits per heavy atom. The van der Waals surface area contributed by atoms with Crippen molar-refractivity contribution in [2.45, 2.75) is 45.4 Å². The second-order valence-electron chi connectivity index (χ2n) is 7.72. The van der Waals surface area contributed by atoms with Gasteiger partial charge in [-0.1, -0.05) is 6.07 Å². The van der Waals surface area contributed by atoms with Crippen LogP contribution in [0.3, 0.4) is 0 Å². The Morgan fingerprint density at radius 2 is 2.31 bits per heavy atom. The summed E-state index contributed by atoms with van der Waals surface area (Å²) in [4.78, 5) is 7.06. The van der Waals surface area contributed by atoms with Gasteiger partial charge in [-0.3, -0.25) is 9.88 Å². The predicted molar refractivity (Wildman–Crippen MR) is 98.6 cm³/mol. The lowest BCUT2D eigenvalue weighted by Gasteiger charge is -2.50. The summed E-state index contributed by atoms with van der Waals surface area (Å²) >= 11 is 0. The first-order valence-corrected chi connectivity index (χ1v) is 9.59. The van der Waals surface area contributed by atoms with E-state index in [2.05, 4.69) is 16.0 Å². The molecule has 2 atom stereocenters. The van der Waals surface area contributed by atoms with Crippen LogP contribution in [0.4, 0.5) is 0 Å². The fourth-order valence-corrected chi connectivity index (χ4v) is 4.41. The zero-order valence-corrected chi connectivity index (χ0v) is 15.5. The molecule has 0 spiro atoms. The number of nitrogens with zero attached hydrogens (tertiary/aromatic N) is 2. The molecule has 2 aliphatic rings. The number of pyridine rings is 1. The molecule has 26 heavy (non-hydrogen) atoms. The molecule has 2 aromatic rings. The summed E-state index contributed by atoms with van der Waals surface area (Å²) in [6, 6.07) is 8.14. The van der Waals surface area contributed by atoms with Gasteiger partial charge in [0.05, 0.1) is 37.5 Å². The van der Waals surface area contributed by atoms with Crippen molar-refractivity contribution in [3.05, 3.63) is 53.7 Å². The van der Waals surface area contributed by atoms with Crippen LogP contribution in [0, 0.1) is 12.3 Å². The molecule has 2 saturated heterocycles. The Morgan fingerprint density at radius 3 is 3.15 bits per heavy atom. The average molecular weight is 356 g/mol. The van der Waals surface area contributed by atoms with E-state index in [4.69, 9.17) is 13.9 Å². The third-order valence-electron chi connectivity index (χ3n) is 5.64. The third kappa shape index (κ3) is 4.00. The van der Waals surface area contributed by atoms with E-state index in [-0.39, 0.29) is 5.41 Å². The molecule has 0 amide bonds. The SMILES string of the molecule is Cc1cccc(COC[C@@]23CCCO[C@@H]2CCN(Cc2ccoc2)C3)n1. The lowest BCUT2D eigenvalue weighted by Crippen LogP contribution is -2.56. The molecule has 0 aromatic carbocycles. The van der Waals surface area contributed by atoms with Gasteiger partial charge in [-0.2, -0.15) is 0 Å². The number of ether oxygens (including phenoxy) is 2. The maximum Gasteiger partial charge on any atom is 0.0947 e. The van der Waals surface area contributed by atoms with Gasteiger partial charge >= 0.3 is 0 Å². The van der Waals surface area contributed by atoms with Crippen molar-refractivity contribution in [2.75, 3.05) is 26.3 Å². The van der Waals surface area contributed by atoms with E-state index in [1.807, 2.05) is 31.4 Å². The second kappa shape index (κ2) is 7.91. The zero-order valence-electron chi connectivity index (χ0n) is 15.5. The number of fused-ring (bicyclic) bond motifs is 1. The van der Waals surface area contributed by atoms with Crippen molar-refractivity contribution >= 4 is 0 Å². The van der Waals surface area contributed by atoms with Crippen molar-refractivity contribution in [2.24, 2.45) is 5.41 Å². The summed E-state index contributed by atoms with van der Waals surface area (Å²) in [6.45, 7) is 7.22. The van der Waals surface area contributed by atoms with Crippen LogP contribution < -0.4 is 0 Å². The van der Waals surface area contributed by atoms with Crippen LogP contribution in [0.25, 0.3) is 0 Å². The molecule has 0 saturated carbocycles. The van der Waals surface area contributed by atoms with Gasteiger partial charge in [0.1, 0.15) is 0 Å². The van der Waals surface area contributed by atoms with Gasteiger partial charge in [-0.05, 0) is 44.4 Å². The van der Waals surface area contributed by atoms with Crippen molar-refractivity contribution in [1.82, 2.24) is 9.88 Å². The van der Waals surface area contributed by atoms with Gasteiger partial charge in [0.15, 0.2) is 0 Å². The first-order valence-electron chi connectivity index (χ1n) is 9.59. The fourth-order valence-electron chi connectivity index (χ4n) is 4.41. The van der Waals surface area contributed by atoms with E-state index in [1.54, 1.807) is 6.26 Å². The summed E-state index contributed by atoms with van der Waals surface area (Å²) in [6.07, 6.45) is 7.25. The van der Waals surface area contributed by atoms with Crippen LogP contribution in [0.2, 0.25) is 0 Å². The van der Waals surface area contributed by atoms with Crippen LogP contribution in [0.15, 0.2) is 41.2 Å². The maximum absolute atomic E-state index is 6.17. The number of piperidine rings is 1. The molecule has 2 aliphatic heterocycles. The first kappa shape index (κ1) is 17.7. The number of rotatable bonds is 6. The minimum atomic E-state index is 0.0874. The second-order valence-corrected chi connectivity index (χ2v) is 7.72. The number of furan rings is 1. The molecule has 0 unspecified atom stereocenters. The molecule has 5 nitrogen and oxygen atoms in total. The topological polar surface area (TPSA) is 47.7 Å².